The van der Waals surface area contributed by atoms with E-state index in [0.717, 1.165) is 24.9 Å². The van der Waals surface area contributed by atoms with Crippen LogP contribution >= 0.6 is 0 Å². The van der Waals surface area contributed by atoms with E-state index in [1.54, 1.807) is 0 Å². The van der Waals surface area contributed by atoms with Crippen molar-refractivity contribution in [1.29, 1.82) is 0 Å². The predicted molar refractivity (Wildman–Crippen MR) is 83.9 cm³/mol. The van der Waals surface area contributed by atoms with Crippen LogP contribution in [-0.4, -0.2) is 32.8 Å². The number of carbonyl (C=O) groups excluding carboxylic acids is 1. The fourth-order valence-electron chi connectivity index (χ4n) is 2.68. The molecular formula is C16H28N4O. The Hall–Kier alpha value is -1.52. The van der Waals surface area contributed by atoms with Gasteiger partial charge in [0, 0.05) is 30.4 Å². The van der Waals surface area contributed by atoms with Crippen molar-refractivity contribution >= 4 is 6.03 Å². The number of nitrogens with one attached hydrogen (secondary N) is 1. The highest BCUT2D eigenvalue weighted by Crippen LogP contribution is 2.49. The van der Waals surface area contributed by atoms with Crippen LogP contribution < -0.4 is 5.32 Å². The number of rotatable bonds is 5. The molecule has 0 aliphatic heterocycles. The summed E-state index contributed by atoms with van der Waals surface area (Å²) in [6.07, 6.45) is 6.00. The number of amides is 2. The zero-order valence-corrected chi connectivity index (χ0v) is 13.9. The van der Waals surface area contributed by atoms with Crippen molar-refractivity contribution in [3.05, 3.63) is 18.0 Å². The van der Waals surface area contributed by atoms with Gasteiger partial charge in [-0.25, -0.2) is 4.79 Å². The van der Waals surface area contributed by atoms with Crippen molar-refractivity contribution in [2.24, 2.45) is 5.41 Å². The highest BCUT2D eigenvalue weighted by molar-refractivity contribution is 5.75. The Morgan fingerprint density at radius 2 is 2.10 bits per heavy atom. The summed E-state index contributed by atoms with van der Waals surface area (Å²) >= 11 is 0. The first kappa shape index (κ1) is 15.9. The summed E-state index contributed by atoms with van der Waals surface area (Å²) < 4.78 is 1.89. The van der Waals surface area contributed by atoms with Crippen LogP contribution in [0.25, 0.3) is 0 Å². The lowest BCUT2D eigenvalue weighted by Gasteiger charge is -2.34. The van der Waals surface area contributed by atoms with Crippen LogP contribution in [0.3, 0.4) is 0 Å². The van der Waals surface area contributed by atoms with Crippen molar-refractivity contribution < 1.29 is 4.79 Å². The second-order valence-electron chi connectivity index (χ2n) is 6.98. The normalized spacial score (nSPS) is 16.6. The van der Waals surface area contributed by atoms with Gasteiger partial charge in [-0.3, -0.25) is 4.68 Å². The van der Waals surface area contributed by atoms with Gasteiger partial charge in [0.15, 0.2) is 0 Å². The number of hydrogen-bond donors (Lipinski definition) is 1. The van der Waals surface area contributed by atoms with Gasteiger partial charge >= 0.3 is 6.03 Å². The fraction of sp³-hybridized carbons (Fsp3) is 0.750. The first-order valence-electron chi connectivity index (χ1n) is 7.90. The lowest BCUT2D eigenvalue weighted by Crippen LogP contribution is -2.51. The standard InChI is InChI=1S/C16H28N4O/c1-6-19(11-13-10-17-20(7-2)12-13)14(21)18-16(8-9-16)15(3,4)5/h10,12H,6-9,11H2,1-5H3,(H,18,21). The number of hydrogen-bond acceptors (Lipinski definition) is 2. The number of aromatic nitrogens is 2. The van der Waals surface area contributed by atoms with E-state index in [2.05, 4.69) is 38.1 Å². The molecule has 1 N–H and O–H groups in total. The molecule has 5 nitrogen and oxygen atoms in total. The molecule has 2 rings (SSSR count). The van der Waals surface area contributed by atoms with Crippen LogP contribution in [0.5, 0.6) is 0 Å². The minimum atomic E-state index is -0.0227. The minimum Gasteiger partial charge on any atom is -0.332 e. The second kappa shape index (κ2) is 5.70. The molecule has 21 heavy (non-hydrogen) atoms. The maximum Gasteiger partial charge on any atom is 0.318 e. The Kier molecular flexibility index (Phi) is 4.30. The molecule has 0 spiro atoms. The van der Waals surface area contributed by atoms with Gasteiger partial charge in [-0.2, -0.15) is 5.10 Å². The fourth-order valence-corrected chi connectivity index (χ4v) is 2.68. The van der Waals surface area contributed by atoms with E-state index >= 15 is 0 Å². The monoisotopic (exact) mass is 292 g/mol. The molecule has 1 aliphatic carbocycles. The number of nitrogens with zero attached hydrogens (tertiary/aromatic N) is 3. The third kappa shape index (κ3) is 3.39. The van der Waals surface area contributed by atoms with Gasteiger partial charge in [0.25, 0.3) is 0 Å². The molecule has 2 amide bonds. The largest absolute Gasteiger partial charge is 0.332 e. The summed E-state index contributed by atoms with van der Waals surface area (Å²) in [7, 11) is 0. The summed E-state index contributed by atoms with van der Waals surface area (Å²) in [6, 6.07) is 0.0363. The molecule has 0 radical (unpaired) electrons. The zero-order chi connectivity index (χ0) is 15.7. The third-order valence-corrected chi connectivity index (χ3v) is 4.58. The quantitative estimate of drug-likeness (QED) is 0.907. The van der Waals surface area contributed by atoms with Gasteiger partial charge in [0.1, 0.15) is 0 Å². The smallest absolute Gasteiger partial charge is 0.318 e. The van der Waals surface area contributed by atoms with Gasteiger partial charge in [-0.1, -0.05) is 20.8 Å². The molecule has 0 unspecified atom stereocenters. The van der Waals surface area contributed by atoms with Crippen molar-refractivity contribution in [3.8, 4) is 0 Å². The Bertz CT molecular complexity index is 497. The Morgan fingerprint density at radius 3 is 2.52 bits per heavy atom. The molecule has 1 heterocycles. The average Bonchev–Trinajstić information content (AvgIpc) is 3.07. The van der Waals surface area contributed by atoms with Crippen LogP contribution in [0, 0.1) is 5.41 Å². The van der Waals surface area contributed by atoms with Gasteiger partial charge in [0.05, 0.1) is 12.7 Å². The van der Waals surface area contributed by atoms with E-state index in [1.165, 1.54) is 0 Å². The molecule has 5 heteroatoms. The lowest BCUT2D eigenvalue weighted by atomic mass is 9.84. The predicted octanol–water partition coefficient (Wildman–Crippen LogP) is 3.01. The summed E-state index contributed by atoms with van der Waals surface area (Å²) in [5, 5.41) is 7.53. The molecule has 118 valence electrons. The topological polar surface area (TPSA) is 50.2 Å². The molecule has 0 aromatic carbocycles. The molecule has 1 aromatic heterocycles. The van der Waals surface area contributed by atoms with Crippen molar-refractivity contribution in [2.75, 3.05) is 6.54 Å². The summed E-state index contributed by atoms with van der Waals surface area (Å²) in [5.41, 5.74) is 1.16. The van der Waals surface area contributed by atoms with Gasteiger partial charge in [0.2, 0.25) is 0 Å². The van der Waals surface area contributed by atoms with E-state index in [4.69, 9.17) is 0 Å². The summed E-state index contributed by atoms with van der Waals surface area (Å²) in [5.74, 6) is 0. The molecule has 1 saturated carbocycles. The Morgan fingerprint density at radius 1 is 1.43 bits per heavy atom. The summed E-state index contributed by atoms with van der Waals surface area (Å²) in [6.45, 7) is 12.8. The molecule has 0 bridgehead atoms. The molecular weight excluding hydrogens is 264 g/mol. The van der Waals surface area contributed by atoms with E-state index in [9.17, 15) is 4.79 Å². The summed E-state index contributed by atoms with van der Waals surface area (Å²) in [4.78, 5) is 14.4. The molecule has 1 aliphatic rings. The molecule has 0 atom stereocenters. The van der Waals surface area contributed by atoms with Crippen LogP contribution in [0.2, 0.25) is 0 Å². The maximum atomic E-state index is 12.5. The first-order valence-corrected chi connectivity index (χ1v) is 7.90. The van der Waals surface area contributed by atoms with Crippen LogP contribution in [-0.2, 0) is 13.1 Å². The third-order valence-electron chi connectivity index (χ3n) is 4.58. The Balaban J connectivity index is 1.99. The minimum absolute atomic E-state index is 0.0227. The highest BCUT2D eigenvalue weighted by Gasteiger charge is 2.53. The SMILES string of the molecule is CCN(Cc1cnn(CC)c1)C(=O)NC1(C(C)(C)C)CC1. The first-order chi connectivity index (χ1) is 9.81. The lowest BCUT2D eigenvalue weighted by molar-refractivity contribution is 0.173. The Labute approximate surface area is 127 Å². The molecule has 1 fully saturated rings. The van der Waals surface area contributed by atoms with E-state index in [0.29, 0.717) is 13.1 Å². The van der Waals surface area contributed by atoms with Crippen LogP contribution in [0.15, 0.2) is 12.4 Å². The van der Waals surface area contributed by atoms with Gasteiger partial charge < -0.3 is 10.2 Å². The van der Waals surface area contributed by atoms with E-state index in [1.807, 2.05) is 28.9 Å². The number of aryl methyl sites for hydroxylation is 1. The number of carbonyl (C=O) groups is 1. The van der Waals surface area contributed by atoms with Crippen molar-refractivity contribution in [1.82, 2.24) is 20.0 Å². The van der Waals surface area contributed by atoms with E-state index in [-0.39, 0.29) is 17.0 Å². The zero-order valence-electron chi connectivity index (χ0n) is 13.9. The number of urea groups is 1. The van der Waals surface area contributed by atoms with Crippen molar-refractivity contribution in [2.45, 2.75) is 66.1 Å². The molecule has 0 saturated heterocycles. The molecule has 1 aromatic rings. The van der Waals surface area contributed by atoms with Gasteiger partial charge in [-0.15, -0.1) is 0 Å². The van der Waals surface area contributed by atoms with Crippen molar-refractivity contribution in [3.63, 3.8) is 0 Å². The average molecular weight is 292 g/mol. The highest BCUT2D eigenvalue weighted by atomic mass is 16.2. The van der Waals surface area contributed by atoms with Crippen LogP contribution in [0.1, 0.15) is 53.0 Å². The van der Waals surface area contributed by atoms with E-state index < -0.39 is 0 Å². The van der Waals surface area contributed by atoms with Crippen LogP contribution in [0.4, 0.5) is 4.79 Å². The maximum absolute atomic E-state index is 12.5. The second-order valence-corrected chi connectivity index (χ2v) is 6.98. The van der Waals surface area contributed by atoms with Gasteiger partial charge in [-0.05, 0) is 32.1 Å².